The van der Waals surface area contributed by atoms with E-state index in [9.17, 15) is 14.7 Å². The third kappa shape index (κ3) is 6.75. The van der Waals surface area contributed by atoms with Crippen molar-refractivity contribution in [1.29, 1.82) is 0 Å². The summed E-state index contributed by atoms with van der Waals surface area (Å²) in [4.78, 5) is 26.0. The smallest absolute Gasteiger partial charge is 0.410 e. The van der Waals surface area contributed by atoms with Crippen LogP contribution in [-0.2, 0) is 16.1 Å². The zero-order chi connectivity index (χ0) is 20.0. The molecule has 27 heavy (non-hydrogen) atoms. The van der Waals surface area contributed by atoms with Crippen LogP contribution in [0, 0.1) is 0 Å². The molecule has 2 amide bonds. The summed E-state index contributed by atoms with van der Waals surface area (Å²) in [5.74, 6) is 0. The van der Waals surface area contributed by atoms with Crippen LogP contribution in [0.5, 0.6) is 0 Å². The molecule has 1 aliphatic rings. The Morgan fingerprint density at radius 1 is 1.22 bits per heavy atom. The second-order valence-corrected chi connectivity index (χ2v) is 7.94. The molecule has 1 aromatic rings. The van der Waals surface area contributed by atoms with Gasteiger partial charge in [-0.05, 0) is 46.1 Å². The summed E-state index contributed by atoms with van der Waals surface area (Å²) >= 11 is 0. The molecule has 0 saturated carbocycles. The molecule has 1 aromatic carbocycles. The van der Waals surface area contributed by atoms with E-state index in [2.05, 4.69) is 5.32 Å². The molecule has 1 fully saturated rings. The molecule has 150 valence electrons. The van der Waals surface area contributed by atoms with Gasteiger partial charge < -0.3 is 24.8 Å². The fourth-order valence-corrected chi connectivity index (χ4v) is 2.96. The largest absolute Gasteiger partial charge is 0.445 e. The topological polar surface area (TPSA) is 88.1 Å². The minimum Gasteiger partial charge on any atom is -0.445 e. The summed E-state index contributed by atoms with van der Waals surface area (Å²) in [5.41, 5.74) is 0.290. The Hall–Kier alpha value is -2.28. The molecule has 0 bridgehead atoms. The van der Waals surface area contributed by atoms with Gasteiger partial charge in [0, 0.05) is 6.04 Å². The van der Waals surface area contributed by atoms with E-state index >= 15 is 0 Å². The van der Waals surface area contributed by atoms with Crippen molar-refractivity contribution in [2.75, 3.05) is 6.54 Å². The van der Waals surface area contributed by atoms with Gasteiger partial charge in [-0.3, -0.25) is 0 Å². The Morgan fingerprint density at radius 2 is 1.89 bits per heavy atom. The molecule has 0 aromatic heterocycles. The maximum Gasteiger partial charge on any atom is 0.410 e. The number of alkyl carbamates (subject to hydrolysis) is 1. The number of nitrogens with one attached hydrogen (secondary N) is 1. The number of β-amino-alcohol motifs (C(OH)–C–C–N with tert-alkyl or cyclic N) is 1. The van der Waals surface area contributed by atoms with Crippen molar-refractivity contribution in [2.45, 2.75) is 70.9 Å². The van der Waals surface area contributed by atoms with Gasteiger partial charge in [0.2, 0.25) is 0 Å². The molecule has 2 rings (SSSR count). The van der Waals surface area contributed by atoms with Crippen LogP contribution >= 0.6 is 0 Å². The second kappa shape index (κ2) is 9.08. The van der Waals surface area contributed by atoms with E-state index in [1.54, 1.807) is 20.8 Å². The summed E-state index contributed by atoms with van der Waals surface area (Å²) in [6.07, 6.45) is -0.753. The van der Waals surface area contributed by atoms with E-state index in [-0.39, 0.29) is 19.2 Å². The summed E-state index contributed by atoms with van der Waals surface area (Å²) in [7, 11) is 0. The average molecular weight is 378 g/mol. The minimum atomic E-state index is -0.897. The normalized spacial score (nSPS) is 23.3. The van der Waals surface area contributed by atoms with Gasteiger partial charge in [-0.1, -0.05) is 30.3 Å². The van der Waals surface area contributed by atoms with Gasteiger partial charge in [0.1, 0.15) is 12.2 Å². The van der Waals surface area contributed by atoms with Crippen LogP contribution in [0.25, 0.3) is 0 Å². The van der Waals surface area contributed by atoms with Crippen LogP contribution in [0.4, 0.5) is 9.59 Å². The molecule has 0 aliphatic carbocycles. The van der Waals surface area contributed by atoms with E-state index in [1.807, 2.05) is 37.3 Å². The first-order chi connectivity index (χ1) is 12.7. The van der Waals surface area contributed by atoms with E-state index < -0.39 is 29.9 Å². The summed E-state index contributed by atoms with van der Waals surface area (Å²) < 4.78 is 10.6. The number of rotatable bonds is 3. The van der Waals surface area contributed by atoms with Crippen molar-refractivity contribution < 1.29 is 24.2 Å². The zero-order valence-corrected chi connectivity index (χ0v) is 16.5. The number of aliphatic hydroxyl groups is 1. The fourth-order valence-electron chi connectivity index (χ4n) is 2.96. The predicted octanol–water partition coefficient (Wildman–Crippen LogP) is 3.06. The highest BCUT2D eigenvalue weighted by Crippen LogP contribution is 2.20. The van der Waals surface area contributed by atoms with E-state index in [0.29, 0.717) is 12.8 Å². The molecule has 1 aliphatic heterocycles. The van der Waals surface area contributed by atoms with Crippen LogP contribution < -0.4 is 5.32 Å². The third-order valence-corrected chi connectivity index (χ3v) is 4.42. The highest BCUT2D eigenvalue weighted by atomic mass is 16.6. The van der Waals surface area contributed by atoms with Crippen molar-refractivity contribution >= 4 is 12.2 Å². The quantitative estimate of drug-likeness (QED) is 0.844. The molecule has 0 radical (unpaired) electrons. The first-order valence-electron chi connectivity index (χ1n) is 9.30. The first kappa shape index (κ1) is 21.0. The lowest BCUT2D eigenvalue weighted by Gasteiger charge is -2.28. The fraction of sp³-hybridized carbons (Fsp3) is 0.600. The highest BCUT2D eigenvalue weighted by molar-refractivity contribution is 5.69. The monoisotopic (exact) mass is 378 g/mol. The number of nitrogens with zero attached hydrogens (tertiary/aromatic N) is 1. The van der Waals surface area contributed by atoms with Crippen molar-refractivity contribution in [3.8, 4) is 0 Å². The second-order valence-electron chi connectivity index (χ2n) is 7.94. The number of aliphatic hydroxyl groups excluding tert-OH is 1. The SMILES string of the molecule is C[C@@H]1CC[C@H](NC(=O)OC(C)(C)C)[C@@H](O)CN1C(=O)OCc1ccccc1. The van der Waals surface area contributed by atoms with Crippen LogP contribution in [0.15, 0.2) is 30.3 Å². The van der Waals surface area contributed by atoms with Crippen molar-refractivity contribution in [2.24, 2.45) is 0 Å². The van der Waals surface area contributed by atoms with Gasteiger partial charge >= 0.3 is 12.2 Å². The first-order valence-corrected chi connectivity index (χ1v) is 9.30. The van der Waals surface area contributed by atoms with Crippen LogP contribution in [-0.4, -0.2) is 52.5 Å². The van der Waals surface area contributed by atoms with Gasteiger partial charge in [0.25, 0.3) is 0 Å². The predicted molar refractivity (Wildman–Crippen MR) is 101 cm³/mol. The molecule has 0 spiro atoms. The van der Waals surface area contributed by atoms with E-state index in [1.165, 1.54) is 4.90 Å². The lowest BCUT2D eigenvalue weighted by Crippen LogP contribution is -2.49. The van der Waals surface area contributed by atoms with Gasteiger partial charge in [-0.15, -0.1) is 0 Å². The maximum absolute atomic E-state index is 12.5. The van der Waals surface area contributed by atoms with Crippen LogP contribution in [0.2, 0.25) is 0 Å². The number of amides is 2. The number of carbonyl (C=O) groups is 2. The number of ether oxygens (including phenoxy) is 2. The molecule has 1 heterocycles. The molecule has 3 atom stereocenters. The van der Waals surface area contributed by atoms with Crippen molar-refractivity contribution in [3.05, 3.63) is 35.9 Å². The standard InChI is InChI=1S/C20H30N2O5/c1-14-10-11-16(21-18(24)27-20(2,3)4)17(23)12-22(14)19(25)26-13-15-8-6-5-7-9-15/h5-9,14,16-17,23H,10-13H2,1-4H3,(H,21,24)/t14-,16+,17+/m1/s1. The van der Waals surface area contributed by atoms with Gasteiger partial charge in [-0.2, -0.15) is 0 Å². The van der Waals surface area contributed by atoms with Crippen LogP contribution in [0.3, 0.4) is 0 Å². The Balaban J connectivity index is 1.92. The lowest BCUT2D eigenvalue weighted by molar-refractivity contribution is 0.0363. The summed E-state index contributed by atoms with van der Waals surface area (Å²) in [5, 5.41) is 13.2. The van der Waals surface area contributed by atoms with Crippen LogP contribution in [0.1, 0.15) is 46.1 Å². The zero-order valence-electron chi connectivity index (χ0n) is 16.5. The summed E-state index contributed by atoms with van der Waals surface area (Å²) in [6.45, 7) is 7.52. The Labute approximate surface area is 160 Å². The lowest BCUT2D eigenvalue weighted by atomic mass is 10.1. The minimum absolute atomic E-state index is 0.0925. The van der Waals surface area contributed by atoms with Crippen molar-refractivity contribution in [3.63, 3.8) is 0 Å². The van der Waals surface area contributed by atoms with Gasteiger partial charge in [0.15, 0.2) is 0 Å². The molecule has 2 N–H and O–H groups in total. The molecule has 1 saturated heterocycles. The van der Waals surface area contributed by atoms with Crippen molar-refractivity contribution in [1.82, 2.24) is 10.2 Å². The highest BCUT2D eigenvalue weighted by Gasteiger charge is 2.34. The van der Waals surface area contributed by atoms with E-state index in [0.717, 1.165) is 5.56 Å². The molecule has 7 nitrogen and oxygen atoms in total. The Kier molecular flexibility index (Phi) is 7.07. The molecular weight excluding hydrogens is 348 g/mol. The molecular formula is C20H30N2O5. The van der Waals surface area contributed by atoms with Gasteiger partial charge in [-0.25, -0.2) is 9.59 Å². The molecule has 7 heteroatoms. The summed E-state index contributed by atoms with van der Waals surface area (Å²) in [6, 6.07) is 8.85. The number of hydrogen-bond acceptors (Lipinski definition) is 5. The number of carbonyl (C=O) groups excluding carboxylic acids is 2. The Morgan fingerprint density at radius 3 is 2.52 bits per heavy atom. The number of benzene rings is 1. The molecule has 0 unspecified atom stereocenters. The Bertz CT molecular complexity index is 629. The average Bonchev–Trinajstić information content (AvgIpc) is 2.72. The van der Waals surface area contributed by atoms with Gasteiger partial charge in [0.05, 0.1) is 18.7 Å². The number of hydrogen-bond donors (Lipinski definition) is 2. The van der Waals surface area contributed by atoms with E-state index in [4.69, 9.17) is 9.47 Å². The maximum atomic E-state index is 12.5. The number of likely N-dealkylation sites (tertiary alicyclic amines) is 1. The third-order valence-electron chi connectivity index (χ3n) is 4.42.